The van der Waals surface area contributed by atoms with Gasteiger partial charge in [0.1, 0.15) is 12.6 Å². The first-order valence-electron chi connectivity index (χ1n) is 8.58. The van der Waals surface area contributed by atoms with Gasteiger partial charge in [0, 0.05) is 0 Å². The fourth-order valence-corrected chi connectivity index (χ4v) is 1.96. The maximum atomic E-state index is 12.5. The second-order valence-corrected chi connectivity index (χ2v) is 5.46. The lowest BCUT2D eigenvalue weighted by atomic mass is 10.1. The average Bonchev–Trinajstić information content (AvgIpc) is 2.59. The van der Waals surface area contributed by atoms with Crippen LogP contribution in [0.5, 0.6) is 0 Å². The van der Waals surface area contributed by atoms with Crippen LogP contribution in [0.2, 0.25) is 0 Å². The molecule has 2 amide bonds. The van der Waals surface area contributed by atoms with Crippen LogP contribution in [0.25, 0.3) is 0 Å². The van der Waals surface area contributed by atoms with E-state index in [1.807, 2.05) is 13.8 Å². The Labute approximate surface area is 154 Å². The zero-order valence-corrected chi connectivity index (χ0v) is 15.3. The Hall–Kier alpha value is -2.70. The van der Waals surface area contributed by atoms with Gasteiger partial charge in [-0.1, -0.05) is 51.5 Å². The van der Waals surface area contributed by atoms with Crippen molar-refractivity contribution < 1.29 is 29.0 Å². The third kappa shape index (κ3) is 8.96. The van der Waals surface area contributed by atoms with Crippen LogP contribution in [-0.4, -0.2) is 46.4 Å². The van der Waals surface area contributed by atoms with Crippen LogP contribution in [0.3, 0.4) is 0 Å². The van der Waals surface area contributed by atoms with Gasteiger partial charge in [-0.15, -0.1) is 0 Å². The number of ether oxygens (including phenoxy) is 1. The molecule has 0 spiro atoms. The molecule has 0 heterocycles. The molecule has 0 radical (unpaired) electrons. The Balaban J connectivity index is 5.71. The molecule has 0 aromatic rings. The van der Waals surface area contributed by atoms with Crippen molar-refractivity contribution in [3.05, 3.63) is 37.0 Å². The van der Waals surface area contributed by atoms with Gasteiger partial charge in [0.05, 0.1) is 6.42 Å². The highest BCUT2D eigenvalue weighted by atomic mass is 16.5. The largest absolute Gasteiger partial charge is 0.481 e. The second-order valence-electron chi connectivity index (χ2n) is 5.46. The van der Waals surface area contributed by atoms with Gasteiger partial charge in [-0.05, 0) is 25.0 Å². The van der Waals surface area contributed by atoms with Crippen molar-refractivity contribution in [2.45, 2.75) is 52.0 Å². The lowest BCUT2D eigenvalue weighted by molar-refractivity contribution is -0.160. The van der Waals surface area contributed by atoms with Gasteiger partial charge in [0.2, 0.25) is 0 Å². The molecular weight excluding hydrogens is 338 g/mol. The van der Waals surface area contributed by atoms with E-state index < -0.39 is 36.2 Å². The first-order valence-corrected chi connectivity index (χ1v) is 8.58. The molecule has 0 aliphatic rings. The number of imide groups is 1. The number of hydrogen-bond donors (Lipinski definition) is 1. The number of amides is 2. The number of unbranched alkanes of at least 4 members (excludes halogenated alkanes) is 2. The molecule has 0 saturated carbocycles. The molecule has 0 aromatic heterocycles. The molecule has 26 heavy (non-hydrogen) atoms. The molecule has 0 aliphatic carbocycles. The van der Waals surface area contributed by atoms with Crippen LogP contribution < -0.4 is 0 Å². The molecule has 0 bridgehead atoms. The number of aliphatic carboxylic acids is 1. The summed E-state index contributed by atoms with van der Waals surface area (Å²) < 4.78 is 4.87. The molecule has 0 saturated heterocycles. The second kappa shape index (κ2) is 13.6. The van der Waals surface area contributed by atoms with E-state index in [0.717, 1.165) is 12.8 Å². The smallest absolute Gasteiger partial charge is 0.330 e. The van der Waals surface area contributed by atoms with Crippen molar-refractivity contribution >= 4 is 23.8 Å². The highest BCUT2D eigenvalue weighted by Crippen LogP contribution is 2.11. The standard InChI is InChI=1S/C19H27NO6/c1-4-7-9-11-16(21)20(17(22)12-10-8-5-2)15(14-18(23)24)19(25)26-13-6-3/h6,9-12,15H,3-5,7-8,13-14H2,1-2H3,(H,23,24)/b11-9+,12-10+. The molecule has 1 unspecified atom stereocenters. The zero-order valence-electron chi connectivity index (χ0n) is 15.3. The first-order chi connectivity index (χ1) is 12.4. The van der Waals surface area contributed by atoms with Crippen molar-refractivity contribution in [3.63, 3.8) is 0 Å². The van der Waals surface area contributed by atoms with Gasteiger partial charge < -0.3 is 9.84 Å². The van der Waals surface area contributed by atoms with Crippen molar-refractivity contribution in [1.82, 2.24) is 4.90 Å². The number of carbonyl (C=O) groups excluding carboxylic acids is 3. The van der Waals surface area contributed by atoms with Gasteiger partial charge in [-0.2, -0.15) is 0 Å². The van der Waals surface area contributed by atoms with Crippen LogP contribution in [-0.2, 0) is 23.9 Å². The molecule has 144 valence electrons. The number of carboxylic acid groups (broad SMARTS) is 1. The van der Waals surface area contributed by atoms with E-state index in [0.29, 0.717) is 17.7 Å². The Kier molecular flexibility index (Phi) is 12.2. The number of allylic oxidation sites excluding steroid dienone is 2. The minimum atomic E-state index is -1.55. The summed E-state index contributed by atoms with van der Waals surface area (Å²) in [5.41, 5.74) is 0. The molecule has 0 fully saturated rings. The molecule has 7 heteroatoms. The van der Waals surface area contributed by atoms with E-state index in [4.69, 9.17) is 9.84 Å². The van der Waals surface area contributed by atoms with Crippen LogP contribution >= 0.6 is 0 Å². The van der Waals surface area contributed by atoms with E-state index in [2.05, 4.69) is 6.58 Å². The average molecular weight is 365 g/mol. The SMILES string of the molecule is C=CCOC(=O)C(CC(=O)O)N(C(=O)/C=C/CCC)C(=O)/C=C/CCC. The van der Waals surface area contributed by atoms with Gasteiger partial charge >= 0.3 is 11.9 Å². The molecule has 0 aromatic carbocycles. The Morgan fingerprint density at radius 3 is 1.92 bits per heavy atom. The third-order valence-corrected chi connectivity index (χ3v) is 3.20. The van der Waals surface area contributed by atoms with Gasteiger partial charge in [-0.3, -0.25) is 19.3 Å². The Morgan fingerprint density at radius 1 is 1.04 bits per heavy atom. The van der Waals surface area contributed by atoms with E-state index in [1.165, 1.54) is 18.2 Å². The van der Waals surface area contributed by atoms with Gasteiger partial charge in [0.15, 0.2) is 0 Å². The lowest BCUT2D eigenvalue weighted by Gasteiger charge is -2.25. The Bertz CT molecular complexity index is 536. The van der Waals surface area contributed by atoms with E-state index in [1.54, 1.807) is 12.2 Å². The fraction of sp³-hybridized carbons (Fsp3) is 0.474. The number of hydrogen-bond acceptors (Lipinski definition) is 5. The molecule has 0 aliphatic heterocycles. The van der Waals surface area contributed by atoms with Gasteiger partial charge in [0.25, 0.3) is 11.8 Å². The maximum Gasteiger partial charge on any atom is 0.330 e. The topological polar surface area (TPSA) is 101 Å². The molecule has 1 N–H and O–H groups in total. The molecule has 1 atom stereocenters. The number of carbonyl (C=O) groups is 4. The summed E-state index contributed by atoms with van der Waals surface area (Å²) in [4.78, 5) is 48.9. The summed E-state index contributed by atoms with van der Waals surface area (Å²) in [6.07, 6.45) is 8.89. The molecular formula is C19H27NO6. The summed E-state index contributed by atoms with van der Waals surface area (Å²) in [5, 5.41) is 9.09. The minimum absolute atomic E-state index is 0.150. The predicted molar refractivity (Wildman–Crippen MR) is 97.1 cm³/mol. The lowest BCUT2D eigenvalue weighted by Crippen LogP contribution is -2.49. The highest BCUT2D eigenvalue weighted by molar-refractivity contribution is 6.08. The van der Waals surface area contributed by atoms with E-state index in [9.17, 15) is 19.2 Å². The van der Waals surface area contributed by atoms with Crippen LogP contribution in [0.15, 0.2) is 37.0 Å². The summed E-state index contributed by atoms with van der Waals surface area (Å²) in [5.74, 6) is -3.81. The fourth-order valence-electron chi connectivity index (χ4n) is 1.96. The van der Waals surface area contributed by atoms with E-state index >= 15 is 0 Å². The number of rotatable bonds is 12. The molecule has 0 rings (SSSR count). The normalized spacial score (nSPS) is 12.1. The molecule has 7 nitrogen and oxygen atoms in total. The summed E-state index contributed by atoms with van der Waals surface area (Å²) in [6, 6.07) is -1.55. The van der Waals surface area contributed by atoms with Crippen LogP contribution in [0.1, 0.15) is 46.0 Å². The van der Waals surface area contributed by atoms with Crippen molar-refractivity contribution in [2.75, 3.05) is 6.61 Å². The zero-order chi connectivity index (χ0) is 19.9. The van der Waals surface area contributed by atoms with Gasteiger partial charge in [-0.25, -0.2) is 4.79 Å². The summed E-state index contributed by atoms with van der Waals surface area (Å²) in [7, 11) is 0. The highest BCUT2D eigenvalue weighted by Gasteiger charge is 2.35. The maximum absolute atomic E-state index is 12.5. The Morgan fingerprint density at radius 2 is 1.54 bits per heavy atom. The van der Waals surface area contributed by atoms with E-state index in [-0.39, 0.29) is 6.61 Å². The van der Waals surface area contributed by atoms with Crippen molar-refractivity contribution in [2.24, 2.45) is 0 Å². The van der Waals surface area contributed by atoms with Crippen molar-refractivity contribution in [3.8, 4) is 0 Å². The number of nitrogens with zero attached hydrogens (tertiary/aromatic N) is 1. The third-order valence-electron chi connectivity index (χ3n) is 3.20. The number of esters is 1. The number of carboxylic acids is 1. The monoisotopic (exact) mass is 365 g/mol. The van der Waals surface area contributed by atoms with Crippen LogP contribution in [0.4, 0.5) is 0 Å². The minimum Gasteiger partial charge on any atom is -0.481 e. The first kappa shape index (κ1) is 23.3. The van der Waals surface area contributed by atoms with Crippen LogP contribution in [0, 0.1) is 0 Å². The summed E-state index contributed by atoms with van der Waals surface area (Å²) in [6.45, 7) is 7.10. The quantitative estimate of drug-likeness (QED) is 0.324. The summed E-state index contributed by atoms with van der Waals surface area (Å²) >= 11 is 0. The predicted octanol–water partition coefficient (Wildman–Crippen LogP) is 2.63. The van der Waals surface area contributed by atoms with Crippen molar-refractivity contribution in [1.29, 1.82) is 0 Å².